The largest absolute Gasteiger partial charge is 0.269 e. The lowest BCUT2D eigenvalue weighted by atomic mass is 10.2. The van der Waals surface area contributed by atoms with Crippen molar-refractivity contribution in [1.82, 2.24) is 0 Å². The Morgan fingerprint density at radius 1 is 1.13 bits per heavy atom. The molecule has 0 aliphatic carbocycles. The minimum atomic E-state index is -3.93. The fourth-order valence-corrected chi connectivity index (χ4v) is 3.02. The van der Waals surface area contributed by atoms with Crippen LogP contribution in [0.3, 0.4) is 0 Å². The van der Waals surface area contributed by atoms with Crippen molar-refractivity contribution in [1.29, 1.82) is 5.26 Å². The molecule has 0 saturated carbocycles. The summed E-state index contributed by atoms with van der Waals surface area (Å²) < 4.78 is 24.9. The second-order valence-electron chi connectivity index (χ2n) is 4.79. The van der Waals surface area contributed by atoms with Gasteiger partial charge in [0.15, 0.2) is 0 Å². The van der Waals surface area contributed by atoms with Crippen LogP contribution in [0.2, 0.25) is 0 Å². The zero-order valence-electron chi connectivity index (χ0n) is 12.1. The molecule has 2 aromatic carbocycles. The van der Waals surface area contributed by atoms with Crippen LogP contribution in [0.25, 0.3) is 6.08 Å². The van der Waals surface area contributed by atoms with Crippen LogP contribution in [-0.4, -0.2) is 13.3 Å². The number of nitrogens with zero attached hydrogens (tertiary/aromatic N) is 2. The first-order chi connectivity index (χ1) is 10.8. The molecule has 23 heavy (non-hydrogen) atoms. The van der Waals surface area contributed by atoms with Crippen LogP contribution < -0.4 is 0 Å². The van der Waals surface area contributed by atoms with Gasteiger partial charge >= 0.3 is 0 Å². The summed E-state index contributed by atoms with van der Waals surface area (Å²) in [4.78, 5) is 9.66. The molecule has 0 N–H and O–H groups in total. The van der Waals surface area contributed by atoms with Crippen LogP contribution in [0.4, 0.5) is 5.69 Å². The van der Waals surface area contributed by atoms with Crippen molar-refractivity contribution in [2.45, 2.75) is 11.8 Å². The number of rotatable bonds is 4. The Kier molecular flexibility index (Phi) is 4.57. The van der Waals surface area contributed by atoms with Gasteiger partial charge in [-0.2, -0.15) is 5.26 Å². The van der Waals surface area contributed by atoms with Crippen molar-refractivity contribution in [3.8, 4) is 6.07 Å². The first-order valence-electron chi connectivity index (χ1n) is 6.52. The molecule has 2 rings (SSSR count). The van der Waals surface area contributed by atoms with Crippen molar-refractivity contribution < 1.29 is 13.3 Å². The zero-order chi connectivity index (χ0) is 17.0. The van der Waals surface area contributed by atoms with Crippen LogP contribution in [0, 0.1) is 28.4 Å². The van der Waals surface area contributed by atoms with Gasteiger partial charge in [-0.05, 0) is 42.8 Å². The molecule has 0 fully saturated rings. The Balaban J connectivity index is 2.44. The Hall–Kier alpha value is -2.98. The highest BCUT2D eigenvalue weighted by atomic mass is 32.2. The van der Waals surface area contributed by atoms with E-state index in [2.05, 4.69) is 0 Å². The number of hydrogen-bond donors (Lipinski definition) is 0. The molecule has 116 valence electrons. The summed E-state index contributed by atoms with van der Waals surface area (Å²) in [6, 6.07) is 13.1. The third kappa shape index (κ3) is 3.62. The van der Waals surface area contributed by atoms with E-state index in [9.17, 15) is 23.8 Å². The van der Waals surface area contributed by atoms with E-state index in [-0.39, 0.29) is 10.6 Å². The molecule has 0 bridgehead atoms. The molecular formula is C16H12N2O4S. The van der Waals surface area contributed by atoms with E-state index in [1.807, 2.05) is 6.92 Å². The summed E-state index contributed by atoms with van der Waals surface area (Å²) in [5.41, 5.74) is 1.19. The first-order valence-corrected chi connectivity index (χ1v) is 8.01. The zero-order valence-corrected chi connectivity index (χ0v) is 12.9. The minimum Gasteiger partial charge on any atom is -0.258 e. The topological polar surface area (TPSA) is 101 Å². The molecule has 0 aromatic heterocycles. The average Bonchev–Trinajstić information content (AvgIpc) is 2.53. The normalized spacial score (nSPS) is 11.7. The lowest BCUT2D eigenvalue weighted by molar-refractivity contribution is -0.384. The third-order valence-corrected chi connectivity index (χ3v) is 4.81. The lowest BCUT2D eigenvalue weighted by Gasteiger charge is -2.03. The molecule has 0 aliphatic rings. The molecular weight excluding hydrogens is 316 g/mol. The van der Waals surface area contributed by atoms with Crippen molar-refractivity contribution in [2.75, 3.05) is 0 Å². The Morgan fingerprint density at radius 2 is 1.70 bits per heavy atom. The second kappa shape index (κ2) is 6.42. The Morgan fingerprint density at radius 3 is 2.17 bits per heavy atom. The summed E-state index contributed by atoms with van der Waals surface area (Å²) in [7, 11) is -3.93. The summed E-state index contributed by atoms with van der Waals surface area (Å²) in [6.45, 7) is 1.83. The molecule has 0 unspecified atom stereocenters. The van der Waals surface area contributed by atoms with Gasteiger partial charge < -0.3 is 0 Å². The third-order valence-electron chi connectivity index (χ3n) is 3.13. The van der Waals surface area contributed by atoms with Gasteiger partial charge in [0.2, 0.25) is 9.84 Å². The van der Waals surface area contributed by atoms with Crippen molar-refractivity contribution >= 4 is 21.6 Å². The van der Waals surface area contributed by atoms with E-state index < -0.39 is 19.7 Å². The quantitative estimate of drug-likeness (QED) is 0.487. The summed E-state index contributed by atoms with van der Waals surface area (Å²) in [6.07, 6.45) is 1.19. The second-order valence-corrected chi connectivity index (χ2v) is 6.70. The number of hydrogen-bond acceptors (Lipinski definition) is 5. The number of non-ortho nitro benzene ring substituents is 1. The number of nitriles is 1. The maximum atomic E-state index is 12.5. The van der Waals surface area contributed by atoms with Crippen LogP contribution in [0.1, 0.15) is 11.1 Å². The summed E-state index contributed by atoms with van der Waals surface area (Å²) >= 11 is 0. The van der Waals surface area contributed by atoms with Gasteiger partial charge in [0, 0.05) is 12.1 Å². The maximum absolute atomic E-state index is 12.5. The number of aryl methyl sites for hydroxylation is 1. The van der Waals surface area contributed by atoms with E-state index in [1.54, 1.807) is 18.2 Å². The van der Waals surface area contributed by atoms with Crippen molar-refractivity contribution in [3.63, 3.8) is 0 Å². The van der Waals surface area contributed by atoms with Gasteiger partial charge in [0.05, 0.1) is 9.82 Å². The standard InChI is InChI=1S/C16H12N2O4S/c1-12-2-8-15(9-3-12)23(21,22)16(11-17)10-13-4-6-14(7-5-13)18(19)20/h2-10H,1H3. The highest BCUT2D eigenvalue weighted by Crippen LogP contribution is 2.22. The number of nitro benzene ring substituents is 1. The molecule has 2 aromatic rings. The van der Waals surface area contributed by atoms with Crippen molar-refractivity contribution in [3.05, 3.63) is 74.7 Å². The lowest BCUT2D eigenvalue weighted by Crippen LogP contribution is -2.03. The van der Waals surface area contributed by atoms with Gasteiger partial charge in [0.1, 0.15) is 11.0 Å². The Labute approximate surface area is 133 Å². The fraction of sp³-hybridized carbons (Fsp3) is 0.0625. The fourth-order valence-electron chi connectivity index (χ4n) is 1.86. The summed E-state index contributed by atoms with van der Waals surface area (Å²) in [5, 5.41) is 19.8. The molecule has 0 aliphatic heterocycles. The van der Waals surface area contributed by atoms with E-state index in [0.29, 0.717) is 5.56 Å². The molecule has 6 nitrogen and oxygen atoms in total. The van der Waals surface area contributed by atoms with Crippen LogP contribution in [-0.2, 0) is 9.84 Å². The molecule has 0 radical (unpaired) electrons. The van der Waals surface area contributed by atoms with E-state index in [0.717, 1.165) is 5.56 Å². The van der Waals surface area contributed by atoms with Crippen LogP contribution in [0.5, 0.6) is 0 Å². The van der Waals surface area contributed by atoms with Gasteiger partial charge in [-0.3, -0.25) is 10.1 Å². The van der Waals surface area contributed by atoms with Gasteiger partial charge in [0.25, 0.3) is 5.69 Å². The summed E-state index contributed by atoms with van der Waals surface area (Å²) in [5.74, 6) is 0. The minimum absolute atomic E-state index is 0.0258. The monoisotopic (exact) mass is 328 g/mol. The molecule has 0 amide bonds. The van der Waals surface area contributed by atoms with Crippen molar-refractivity contribution in [2.24, 2.45) is 0 Å². The predicted molar refractivity (Wildman–Crippen MR) is 85.1 cm³/mol. The SMILES string of the molecule is Cc1ccc(S(=O)(=O)C(C#N)=Cc2ccc([N+](=O)[O-])cc2)cc1. The predicted octanol–water partition coefficient (Wildman–Crippen LogP) is 3.24. The van der Waals surface area contributed by atoms with E-state index in [4.69, 9.17) is 0 Å². The Bertz CT molecular complexity index is 906. The smallest absolute Gasteiger partial charge is 0.258 e. The van der Waals surface area contributed by atoms with Crippen LogP contribution in [0.15, 0.2) is 58.3 Å². The van der Waals surface area contributed by atoms with Gasteiger partial charge in [-0.25, -0.2) is 8.42 Å². The number of allylic oxidation sites excluding steroid dienone is 1. The number of nitro groups is 1. The van der Waals surface area contributed by atoms with E-state index >= 15 is 0 Å². The average molecular weight is 328 g/mol. The highest BCUT2D eigenvalue weighted by molar-refractivity contribution is 7.95. The first kappa shape index (κ1) is 16.4. The molecule has 0 spiro atoms. The molecule has 0 saturated heterocycles. The molecule has 0 atom stereocenters. The van der Waals surface area contributed by atoms with Crippen LogP contribution >= 0.6 is 0 Å². The maximum Gasteiger partial charge on any atom is 0.269 e. The van der Waals surface area contributed by atoms with Gasteiger partial charge in [-0.15, -0.1) is 0 Å². The van der Waals surface area contributed by atoms with Gasteiger partial charge in [-0.1, -0.05) is 17.7 Å². The number of benzene rings is 2. The highest BCUT2D eigenvalue weighted by Gasteiger charge is 2.20. The van der Waals surface area contributed by atoms with E-state index in [1.165, 1.54) is 42.5 Å². The molecule has 0 heterocycles. The number of sulfone groups is 1. The molecule has 7 heteroatoms.